The lowest BCUT2D eigenvalue weighted by atomic mass is 9.87. The number of ether oxygens (including phenoxy) is 1. The van der Waals surface area contributed by atoms with Gasteiger partial charge in [-0.2, -0.15) is 0 Å². The number of hydrogen-bond acceptors (Lipinski definition) is 7. The van der Waals surface area contributed by atoms with Crippen LogP contribution >= 0.6 is 0 Å². The summed E-state index contributed by atoms with van der Waals surface area (Å²) in [5.74, 6) is 0.979. The number of likely N-dealkylation sites (N-methyl/N-ethyl adjacent to an activating group) is 1. The molecular weight excluding hydrogens is 344 g/mol. The monoisotopic (exact) mass is 372 g/mol. The highest BCUT2D eigenvalue weighted by Crippen LogP contribution is 2.37. The number of imidazole rings is 1. The smallest absolute Gasteiger partial charge is 0.165 e. The lowest BCUT2D eigenvalue weighted by Crippen LogP contribution is -2.48. The van der Waals surface area contributed by atoms with Crippen molar-refractivity contribution in [2.45, 2.75) is 44.8 Å². The molecule has 0 aromatic carbocycles. The second-order valence-electron chi connectivity index (χ2n) is 8.37. The van der Waals surface area contributed by atoms with Crippen molar-refractivity contribution in [3.63, 3.8) is 0 Å². The minimum atomic E-state index is -0.206. The van der Waals surface area contributed by atoms with Gasteiger partial charge in [-0.15, -0.1) is 0 Å². The molecule has 0 aliphatic carbocycles. The number of aliphatic hydroxyl groups is 1. The van der Waals surface area contributed by atoms with Gasteiger partial charge < -0.3 is 24.2 Å². The SMILES string of the molecule is CCN1CCC2CCC(C1)N2c1ncnc2c1ncn2CC1(CO)COC1. The van der Waals surface area contributed by atoms with Crippen molar-refractivity contribution < 1.29 is 9.84 Å². The predicted octanol–water partition coefficient (Wildman–Crippen LogP) is 0.898. The van der Waals surface area contributed by atoms with Crippen LogP contribution < -0.4 is 4.90 Å². The molecule has 0 spiro atoms. The van der Waals surface area contributed by atoms with Crippen LogP contribution in [0.5, 0.6) is 0 Å². The Bertz CT molecular complexity index is 814. The normalized spacial score (nSPS) is 27.7. The van der Waals surface area contributed by atoms with Gasteiger partial charge in [0.25, 0.3) is 0 Å². The number of nitrogens with zero attached hydrogens (tertiary/aromatic N) is 6. The molecular formula is C19H28N6O2. The Morgan fingerprint density at radius 3 is 2.78 bits per heavy atom. The lowest BCUT2D eigenvalue weighted by Gasteiger charge is -2.39. The van der Waals surface area contributed by atoms with Crippen LogP contribution in [0.4, 0.5) is 5.82 Å². The number of rotatable bonds is 5. The first kappa shape index (κ1) is 17.3. The van der Waals surface area contributed by atoms with Gasteiger partial charge in [-0.1, -0.05) is 6.92 Å². The minimum Gasteiger partial charge on any atom is -0.396 e. The molecule has 3 aliphatic rings. The second-order valence-corrected chi connectivity index (χ2v) is 8.37. The summed E-state index contributed by atoms with van der Waals surface area (Å²) in [6, 6.07) is 1.04. The first-order valence-electron chi connectivity index (χ1n) is 10.1. The maximum absolute atomic E-state index is 9.76. The summed E-state index contributed by atoms with van der Waals surface area (Å²) >= 11 is 0. The van der Waals surface area contributed by atoms with Crippen molar-refractivity contribution in [3.05, 3.63) is 12.7 Å². The van der Waals surface area contributed by atoms with Gasteiger partial charge in [0.2, 0.25) is 0 Å². The Kier molecular flexibility index (Phi) is 4.29. The van der Waals surface area contributed by atoms with Crippen molar-refractivity contribution in [2.75, 3.05) is 44.4 Å². The topological polar surface area (TPSA) is 79.5 Å². The molecule has 3 fully saturated rings. The highest BCUT2D eigenvalue weighted by molar-refractivity contribution is 5.84. The number of aromatic nitrogens is 4. The van der Waals surface area contributed by atoms with Crippen LogP contribution in [0.25, 0.3) is 11.2 Å². The van der Waals surface area contributed by atoms with Crippen LogP contribution in [0.3, 0.4) is 0 Å². The number of aliphatic hydroxyl groups excluding tert-OH is 1. The van der Waals surface area contributed by atoms with E-state index < -0.39 is 0 Å². The molecule has 0 radical (unpaired) electrons. The lowest BCUT2D eigenvalue weighted by molar-refractivity contribution is -0.144. The Balaban J connectivity index is 1.49. The van der Waals surface area contributed by atoms with Crippen molar-refractivity contribution in [3.8, 4) is 0 Å². The third kappa shape index (κ3) is 2.81. The Hall–Kier alpha value is -1.77. The van der Waals surface area contributed by atoms with E-state index in [-0.39, 0.29) is 12.0 Å². The molecule has 8 nitrogen and oxygen atoms in total. The van der Waals surface area contributed by atoms with Crippen molar-refractivity contribution in [1.82, 2.24) is 24.4 Å². The van der Waals surface area contributed by atoms with E-state index in [1.54, 1.807) is 6.33 Å². The third-order valence-corrected chi connectivity index (χ3v) is 6.60. The van der Waals surface area contributed by atoms with E-state index in [1.165, 1.54) is 19.3 Å². The fourth-order valence-corrected chi connectivity index (χ4v) is 4.94. The van der Waals surface area contributed by atoms with Gasteiger partial charge in [-0.3, -0.25) is 0 Å². The molecule has 2 unspecified atom stereocenters. The van der Waals surface area contributed by atoms with Crippen molar-refractivity contribution in [1.29, 1.82) is 0 Å². The van der Waals surface area contributed by atoms with Crippen LogP contribution in [0.2, 0.25) is 0 Å². The third-order valence-electron chi connectivity index (χ3n) is 6.60. The molecule has 2 atom stereocenters. The largest absolute Gasteiger partial charge is 0.396 e. The quantitative estimate of drug-likeness (QED) is 0.835. The Morgan fingerprint density at radius 1 is 1.19 bits per heavy atom. The summed E-state index contributed by atoms with van der Waals surface area (Å²) in [4.78, 5) is 19.0. The van der Waals surface area contributed by atoms with Gasteiger partial charge in [-0.05, 0) is 25.8 Å². The summed E-state index contributed by atoms with van der Waals surface area (Å²) in [5, 5.41) is 9.76. The zero-order chi connectivity index (χ0) is 18.4. The zero-order valence-electron chi connectivity index (χ0n) is 15.9. The van der Waals surface area contributed by atoms with Crippen LogP contribution in [0, 0.1) is 5.41 Å². The van der Waals surface area contributed by atoms with E-state index in [0.717, 1.165) is 36.6 Å². The molecule has 2 aromatic rings. The van der Waals surface area contributed by atoms with Gasteiger partial charge in [-0.25, -0.2) is 15.0 Å². The minimum absolute atomic E-state index is 0.119. The van der Waals surface area contributed by atoms with Gasteiger partial charge in [0, 0.05) is 31.7 Å². The summed E-state index contributed by atoms with van der Waals surface area (Å²) in [7, 11) is 0. The van der Waals surface area contributed by atoms with E-state index in [4.69, 9.17) is 9.72 Å². The summed E-state index contributed by atoms with van der Waals surface area (Å²) in [6.45, 7) is 7.58. The van der Waals surface area contributed by atoms with Crippen LogP contribution in [0.1, 0.15) is 26.2 Å². The molecule has 0 saturated carbocycles. The fourth-order valence-electron chi connectivity index (χ4n) is 4.94. The molecule has 1 N–H and O–H groups in total. The summed E-state index contributed by atoms with van der Waals surface area (Å²) in [6.07, 6.45) is 7.15. The fraction of sp³-hybridized carbons (Fsp3) is 0.737. The maximum Gasteiger partial charge on any atom is 0.165 e. The van der Waals surface area contributed by atoms with Gasteiger partial charge >= 0.3 is 0 Å². The highest BCUT2D eigenvalue weighted by Gasteiger charge is 2.40. The van der Waals surface area contributed by atoms with E-state index in [9.17, 15) is 5.11 Å². The summed E-state index contributed by atoms with van der Waals surface area (Å²) < 4.78 is 7.39. The first-order chi connectivity index (χ1) is 13.2. The van der Waals surface area contributed by atoms with Gasteiger partial charge in [0.15, 0.2) is 17.0 Å². The zero-order valence-corrected chi connectivity index (χ0v) is 15.9. The highest BCUT2D eigenvalue weighted by atomic mass is 16.5. The van der Waals surface area contributed by atoms with E-state index in [0.29, 0.717) is 31.8 Å². The molecule has 146 valence electrons. The van der Waals surface area contributed by atoms with E-state index in [1.807, 2.05) is 6.33 Å². The molecule has 3 saturated heterocycles. The Labute approximate surface area is 159 Å². The van der Waals surface area contributed by atoms with Crippen LogP contribution in [-0.4, -0.2) is 81.1 Å². The number of anilines is 1. The van der Waals surface area contributed by atoms with Gasteiger partial charge in [0.05, 0.1) is 31.6 Å². The predicted molar refractivity (Wildman–Crippen MR) is 102 cm³/mol. The average Bonchev–Trinajstić information content (AvgIpc) is 3.18. The number of likely N-dealkylation sites (tertiary alicyclic amines) is 1. The molecule has 8 heteroatoms. The van der Waals surface area contributed by atoms with Crippen LogP contribution in [0.15, 0.2) is 12.7 Å². The molecule has 3 aliphatic heterocycles. The van der Waals surface area contributed by atoms with E-state index >= 15 is 0 Å². The van der Waals surface area contributed by atoms with Crippen LogP contribution in [-0.2, 0) is 11.3 Å². The van der Waals surface area contributed by atoms with Crippen molar-refractivity contribution >= 4 is 17.0 Å². The average molecular weight is 372 g/mol. The molecule has 2 bridgehead atoms. The number of fused-ring (bicyclic) bond motifs is 3. The van der Waals surface area contributed by atoms with Gasteiger partial charge in [0.1, 0.15) is 6.33 Å². The molecule has 5 rings (SSSR count). The molecule has 27 heavy (non-hydrogen) atoms. The second kappa shape index (κ2) is 6.68. The summed E-state index contributed by atoms with van der Waals surface area (Å²) in [5.41, 5.74) is 1.53. The maximum atomic E-state index is 9.76. The van der Waals surface area contributed by atoms with E-state index in [2.05, 4.69) is 31.3 Å². The Morgan fingerprint density at radius 2 is 2.04 bits per heavy atom. The van der Waals surface area contributed by atoms with Crippen molar-refractivity contribution in [2.24, 2.45) is 5.41 Å². The molecule has 0 amide bonds. The standard InChI is InChI=1S/C19H28N6O2/c1-2-23-6-5-14-3-4-15(7-23)25(14)18-16-17(20-12-21-18)24(13-22-16)8-19(9-26)10-27-11-19/h12-15,26H,2-11H2,1H3. The first-order valence-corrected chi connectivity index (χ1v) is 10.1. The number of hydrogen-bond donors (Lipinski definition) is 1. The molecule has 2 aromatic heterocycles. The molecule has 5 heterocycles.